The number of nitriles is 1. The first-order valence-corrected chi connectivity index (χ1v) is 3.21. The van der Waals surface area contributed by atoms with E-state index in [1.807, 2.05) is 6.07 Å². The molecule has 1 aliphatic carbocycles. The first-order valence-electron chi connectivity index (χ1n) is 3.21. The van der Waals surface area contributed by atoms with Gasteiger partial charge in [0.15, 0.2) is 0 Å². The number of carboxylic acid groups (broad SMARTS) is 1. The number of hydrogen-bond donors (Lipinski definition) is 1. The van der Waals surface area contributed by atoms with Gasteiger partial charge < -0.3 is 5.11 Å². The summed E-state index contributed by atoms with van der Waals surface area (Å²) >= 11 is 0. The summed E-state index contributed by atoms with van der Waals surface area (Å²) in [5.74, 6) is -0.805. The second-order valence-electron chi connectivity index (χ2n) is 3.10. The Morgan fingerprint density at radius 3 is 2.60 bits per heavy atom. The maximum Gasteiger partial charge on any atom is 0.309 e. The molecular weight excluding hydrogens is 130 g/mol. The summed E-state index contributed by atoms with van der Waals surface area (Å²) in [6.45, 7) is 1.68. The average Bonchev–Trinajstić information content (AvgIpc) is 1.80. The van der Waals surface area contributed by atoms with E-state index in [-0.39, 0.29) is 5.92 Å². The second-order valence-corrected chi connectivity index (χ2v) is 3.10. The Morgan fingerprint density at radius 2 is 2.30 bits per heavy atom. The fourth-order valence-corrected chi connectivity index (χ4v) is 1.29. The van der Waals surface area contributed by atoms with Gasteiger partial charge in [0, 0.05) is 5.92 Å². The molecule has 0 aromatic carbocycles. The van der Waals surface area contributed by atoms with Crippen LogP contribution in [0.5, 0.6) is 0 Å². The largest absolute Gasteiger partial charge is 0.481 e. The Balaban J connectivity index is 2.51. The monoisotopic (exact) mass is 139 g/mol. The van der Waals surface area contributed by atoms with Gasteiger partial charge in [-0.25, -0.2) is 0 Å². The molecule has 0 unspecified atom stereocenters. The summed E-state index contributed by atoms with van der Waals surface area (Å²) < 4.78 is 0. The van der Waals surface area contributed by atoms with Gasteiger partial charge >= 0.3 is 5.97 Å². The number of nitrogens with zero attached hydrogens (tertiary/aromatic N) is 1. The summed E-state index contributed by atoms with van der Waals surface area (Å²) in [6.07, 6.45) is 1.03. The molecule has 1 fully saturated rings. The van der Waals surface area contributed by atoms with Gasteiger partial charge in [-0.15, -0.1) is 0 Å². The summed E-state index contributed by atoms with van der Waals surface area (Å²) in [5.41, 5.74) is -0.611. The SMILES string of the molecule is C[C@]1(C(=O)O)C[C@@H](C#N)C1. The van der Waals surface area contributed by atoms with Crippen LogP contribution in [0.3, 0.4) is 0 Å². The zero-order chi connectivity index (χ0) is 7.78. The molecule has 0 atom stereocenters. The Bertz CT molecular complexity index is 198. The highest BCUT2D eigenvalue weighted by atomic mass is 16.4. The Kier molecular flexibility index (Phi) is 1.40. The van der Waals surface area contributed by atoms with Crippen molar-refractivity contribution in [1.29, 1.82) is 5.26 Å². The maximum absolute atomic E-state index is 10.5. The topological polar surface area (TPSA) is 61.1 Å². The molecule has 0 saturated heterocycles. The number of carboxylic acids is 1. The van der Waals surface area contributed by atoms with Crippen molar-refractivity contribution in [3.05, 3.63) is 0 Å². The van der Waals surface area contributed by atoms with Crippen LogP contribution in [0.1, 0.15) is 19.8 Å². The maximum atomic E-state index is 10.5. The fraction of sp³-hybridized carbons (Fsp3) is 0.714. The molecule has 1 aliphatic rings. The molecule has 1 N–H and O–H groups in total. The van der Waals surface area contributed by atoms with Gasteiger partial charge in [-0.2, -0.15) is 5.26 Å². The molecule has 0 aromatic rings. The number of aliphatic carboxylic acids is 1. The summed E-state index contributed by atoms with van der Waals surface area (Å²) in [7, 11) is 0. The number of rotatable bonds is 1. The van der Waals surface area contributed by atoms with Gasteiger partial charge in [0.05, 0.1) is 11.5 Å². The van der Waals surface area contributed by atoms with E-state index in [4.69, 9.17) is 10.4 Å². The molecule has 0 amide bonds. The molecule has 3 heteroatoms. The van der Waals surface area contributed by atoms with Gasteiger partial charge in [-0.1, -0.05) is 0 Å². The van der Waals surface area contributed by atoms with Crippen molar-refractivity contribution in [2.45, 2.75) is 19.8 Å². The normalized spacial score (nSPS) is 37.8. The van der Waals surface area contributed by atoms with E-state index < -0.39 is 11.4 Å². The molecule has 0 aliphatic heterocycles. The highest BCUT2D eigenvalue weighted by Crippen LogP contribution is 2.44. The lowest BCUT2D eigenvalue weighted by Gasteiger charge is -2.37. The standard InChI is InChI=1S/C7H9NO2/c1-7(6(9)10)2-5(3-7)4-8/h5H,2-3H2,1H3,(H,9,10)/t5-,7+. The minimum atomic E-state index is -0.779. The molecule has 0 heterocycles. The predicted octanol–water partition coefficient (Wildman–Crippen LogP) is 1.01. The van der Waals surface area contributed by atoms with Crippen molar-refractivity contribution in [2.75, 3.05) is 0 Å². The van der Waals surface area contributed by atoms with Crippen LogP contribution in [-0.2, 0) is 4.79 Å². The Morgan fingerprint density at radius 1 is 1.80 bits per heavy atom. The third kappa shape index (κ3) is 0.860. The van der Waals surface area contributed by atoms with Gasteiger partial charge in [0.25, 0.3) is 0 Å². The van der Waals surface area contributed by atoms with Crippen LogP contribution in [0.25, 0.3) is 0 Å². The lowest BCUT2D eigenvalue weighted by Crippen LogP contribution is -2.40. The molecule has 3 nitrogen and oxygen atoms in total. The third-order valence-electron chi connectivity index (χ3n) is 2.09. The molecule has 1 rings (SSSR count). The van der Waals surface area contributed by atoms with Gasteiger partial charge in [-0.3, -0.25) is 4.79 Å². The van der Waals surface area contributed by atoms with E-state index in [9.17, 15) is 4.79 Å². The minimum Gasteiger partial charge on any atom is -0.481 e. The van der Waals surface area contributed by atoms with E-state index in [2.05, 4.69) is 0 Å². The molecule has 0 spiro atoms. The van der Waals surface area contributed by atoms with E-state index in [1.165, 1.54) is 0 Å². The molecule has 1 saturated carbocycles. The van der Waals surface area contributed by atoms with Crippen molar-refractivity contribution in [3.8, 4) is 6.07 Å². The highest BCUT2D eigenvalue weighted by molar-refractivity contribution is 5.75. The van der Waals surface area contributed by atoms with Crippen LogP contribution >= 0.6 is 0 Å². The first-order chi connectivity index (χ1) is 4.58. The molecule has 0 radical (unpaired) electrons. The van der Waals surface area contributed by atoms with Gasteiger partial charge in [0.2, 0.25) is 0 Å². The van der Waals surface area contributed by atoms with Crippen molar-refractivity contribution < 1.29 is 9.90 Å². The lowest BCUT2D eigenvalue weighted by atomic mass is 9.64. The molecule has 54 valence electrons. The van der Waals surface area contributed by atoms with E-state index in [0.29, 0.717) is 12.8 Å². The van der Waals surface area contributed by atoms with Crippen LogP contribution in [0.15, 0.2) is 0 Å². The van der Waals surface area contributed by atoms with Crippen LogP contribution < -0.4 is 0 Å². The number of carbonyl (C=O) groups is 1. The number of hydrogen-bond acceptors (Lipinski definition) is 2. The van der Waals surface area contributed by atoms with Crippen molar-refractivity contribution >= 4 is 5.97 Å². The molecule has 0 bridgehead atoms. The van der Waals surface area contributed by atoms with E-state index in [1.54, 1.807) is 6.92 Å². The minimum absolute atomic E-state index is 0.0268. The second kappa shape index (κ2) is 1.98. The smallest absolute Gasteiger partial charge is 0.309 e. The average molecular weight is 139 g/mol. The first kappa shape index (κ1) is 7.07. The van der Waals surface area contributed by atoms with Crippen LogP contribution in [0.4, 0.5) is 0 Å². The van der Waals surface area contributed by atoms with Crippen molar-refractivity contribution in [2.24, 2.45) is 11.3 Å². The Hall–Kier alpha value is -1.04. The third-order valence-corrected chi connectivity index (χ3v) is 2.09. The van der Waals surface area contributed by atoms with Crippen molar-refractivity contribution in [3.63, 3.8) is 0 Å². The quantitative estimate of drug-likeness (QED) is 0.589. The zero-order valence-electron chi connectivity index (χ0n) is 5.79. The highest BCUT2D eigenvalue weighted by Gasteiger charge is 2.46. The van der Waals surface area contributed by atoms with Crippen molar-refractivity contribution in [1.82, 2.24) is 0 Å². The van der Waals surface area contributed by atoms with Gasteiger partial charge in [-0.05, 0) is 19.8 Å². The van der Waals surface area contributed by atoms with Crippen LogP contribution in [0.2, 0.25) is 0 Å². The van der Waals surface area contributed by atoms with Crippen LogP contribution in [0, 0.1) is 22.7 Å². The Labute approximate surface area is 59.3 Å². The molecular formula is C7H9NO2. The van der Waals surface area contributed by atoms with E-state index >= 15 is 0 Å². The van der Waals surface area contributed by atoms with Crippen LogP contribution in [-0.4, -0.2) is 11.1 Å². The summed E-state index contributed by atoms with van der Waals surface area (Å²) in [4.78, 5) is 10.5. The summed E-state index contributed by atoms with van der Waals surface area (Å²) in [6, 6.07) is 2.05. The molecule has 0 aromatic heterocycles. The fourth-order valence-electron chi connectivity index (χ4n) is 1.29. The zero-order valence-corrected chi connectivity index (χ0v) is 5.79. The lowest BCUT2D eigenvalue weighted by molar-refractivity contribution is -0.154. The van der Waals surface area contributed by atoms with Gasteiger partial charge in [0.1, 0.15) is 0 Å². The molecule has 10 heavy (non-hydrogen) atoms. The summed E-state index contributed by atoms with van der Waals surface area (Å²) in [5, 5.41) is 17.0. The van der Waals surface area contributed by atoms with E-state index in [0.717, 1.165) is 0 Å². The predicted molar refractivity (Wildman–Crippen MR) is 34.1 cm³/mol.